The molecule has 0 aromatic heterocycles. The molecule has 29 heavy (non-hydrogen) atoms. The number of ether oxygens (including phenoxy) is 1. The van der Waals surface area contributed by atoms with Gasteiger partial charge < -0.3 is 14.5 Å². The maximum Gasteiger partial charge on any atom is 0.250 e. The lowest BCUT2D eigenvalue weighted by Gasteiger charge is -2.35. The molecule has 5 rings (SSSR count). The Hall–Kier alpha value is -2.90. The summed E-state index contributed by atoms with van der Waals surface area (Å²) in [5.41, 5.74) is 8.90. The number of anilines is 1. The standard InChI is InChI=1S/C22H24N4O3/c1-29-20-8-7-15(14-5-3-2-4-6-14)11-18(20)26-16-12-19(22(26)28)25(13-16)21(27)17-9-10-23-24-17/h2-8,11,16-17,19,23-24H,9-10,12-13H2,1H3/t16-,17?,19-/m0/s1. The summed E-state index contributed by atoms with van der Waals surface area (Å²) >= 11 is 0. The van der Waals surface area contributed by atoms with E-state index < -0.39 is 0 Å². The van der Waals surface area contributed by atoms with Crippen LogP contribution in [0.25, 0.3) is 11.1 Å². The third-order valence-corrected chi connectivity index (χ3v) is 6.13. The van der Waals surface area contributed by atoms with Crippen LogP contribution in [-0.2, 0) is 9.59 Å². The third kappa shape index (κ3) is 2.97. The summed E-state index contributed by atoms with van der Waals surface area (Å²) < 4.78 is 5.57. The summed E-state index contributed by atoms with van der Waals surface area (Å²) in [6.07, 6.45) is 1.42. The van der Waals surface area contributed by atoms with Gasteiger partial charge in [-0.3, -0.25) is 15.0 Å². The zero-order valence-corrected chi connectivity index (χ0v) is 16.3. The van der Waals surface area contributed by atoms with Crippen molar-refractivity contribution in [3.63, 3.8) is 0 Å². The Balaban J connectivity index is 1.44. The van der Waals surface area contributed by atoms with Crippen molar-refractivity contribution in [2.75, 3.05) is 25.1 Å². The van der Waals surface area contributed by atoms with Crippen LogP contribution >= 0.6 is 0 Å². The minimum atomic E-state index is -0.389. The highest BCUT2D eigenvalue weighted by molar-refractivity contribution is 6.05. The van der Waals surface area contributed by atoms with Gasteiger partial charge >= 0.3 is 0 Å². The van der Waals surface area contributed by atoms with Crippen LogP contribution in [0.15, 0.2) is 48.5 Å². The summed E-state index contributed by atoms with van der Waals surface area (Å²) in [5.74, 6) is 0.662. The molecule has 0 radical (unpaired) electrons. The maximum atomic E-state index is 13.3. The summed E-state index contributed by atoms with van der Waals surface area (Å²) in [6.45, 7) is 1.33. The van der Waals surface area contributed by atoms with E-state index in [1.54, 1.807) is 12.0 Å². The number of hydrazine groups is 1. The Morgan fingerprint density at radius 2 is 1.97 bits per heavy atom. The van der Waals surface area contributed by atoms with Gasteiger partial charge in [-0.1, -0.05) is 36.4 Å². The number of benzene rings is 2. The van der Waals surface area contributed by atoms with Crippen LogP contribution in [0.2, 0.25) is 0 Å². The molecule has 2 aromatic rings. The zero-order chi connectivity index (χ0) is 20.0. The number of likely N-dealkylation sites (tertiary alicyclic amines) is 1. The van der Waals surface area contributed by atoms with Crippen molar-refractivity contribution in [3.05, 3.63) is 48.5 Å². The van der Waals surface area contributed by atoms with Crippen LogP contribution in [0.3, 0.4) is 0 Å². The van der Waals surface area contributed by atoms with Crippen molar-refractivity contribution >= 4 is 17.5 Å². The van der Waals surface area contributed by atoms with Crippen LogP contribution < -0.4 is 20.5 Å². The smallest absolute Gasteiger partial charge is 0.250 e. The molecule has 3 fully saturated rings. The fourth-order valence-electron chi connectivity index (χ4n) is 4.69. The Morgan fingerprint density at radius 3 is 2.66 bits per heavy atom. The van der Waals surface area contributed by atoms with Gasteiger partial charge in [0.05, 0.1) is 18.8 Å². The van der Waals surface area contributed by atoms with E-state index >= 15 is 0 Å². The van der Waals surface area contributed by atoms with Crippen molar-refractivity contribution in [1.82, 2.24) is 15.8 Å². The van der Waals surface area contributed by atoms with E-state index in [1.165, 1.54) is 0 Å². The zero-order valence-electron chi connectivity index (χ0n) is 16.3. The van der Waals surface area contributed by atoms with Crippen molar-refractivity contribution in [2.24, 2.45) is 0 Å². The second-order valence-electron chi connectivity index (χ2n) is 7.77. The lowest BCUT2D eigenvalue weighted by molar-refractivity contribution is -0.139. The van der Waals surface area contributed by atoms with Gasteiger partial charge in [-0.15, -0.1) is 0 Å². The highest BCUT2D eigenvalue weighted by atomic mass is 16.5. The molecular weight excluding hydrogens is 368 g/mol. The number of carbonyl (C=O) groups excluding carboxylic acids is 2. The summed E-state index contributed by atoms with van der Waals surface area (Å²) in [7, 11) is 1.62. The Kier molecular flexibility index (Phi) is 4.49. The average Bonchev–Trinajstić information content (AvgIpc) is 3.50. The molecule has 3 aliphatic rings. The lowest BCUT2D eigenvalue weighted by Crippen LogP contribution is -2.56. The molecule has 0 spiro atoms. The molecule has 3 atom stereocenters. The number of rotatable bonds is 4. The number of fused-ring (bicyclic) bond motifs is 2. The van der Waals surface area contributed by atoms with Crippen molar-refractivity contribution in [1.29, 1.82) is 0 Å². The molecule has 3 heterocycles. The number of nitrogens with one attached hydrogen (secondary N) is 2. The number of hydrogen-bond donors (Lipinski definition) is 2. The molecule has 0 aliphatic carbocycles. The number of hydrogen-bond acceptors (Lipinski definition) is 5. The molecule has 0 saturated carbocycles. The Labute approximate surface area is 169 Å². The predicted molar refractivity (Wildman–Crippen MR) is 109 cm³/mol. The molecule has 3 saturated heterocycles. The minimum absolute atomic E-state index is 0.0144. The van der Waals surface area contributed by atoms with Crippen LogP contribution in [-0.4, -0.2) is 55.0 Å². The van der Waals surface area contributed by atoms with Gasteiger partial charge in [-0.2, -0.15) is 0 Å². The number of methoxy groups -OCH3 is 1. The first-order valence-corrected chi connectivity index (χ1v) is 10.0. The minimum Gasteiger partial charge on any atom is -0.495 e. The summed E-state index contributed by atoms with van der Waals surface area (Å²) in [4.78, 5) is 29.7. The van der Waals surface area contributed by atoms with E-state index in [-0.39, 0.29) is 29.9 Å². The second kappa shape index (κ2) is 7.17. The molecular formula is C22H24N4O3. The predicted octanol–water partition coefficient (Wildman–Crippen LogP) is 1.54. The average molecular weight is 392 g/mol. The Bertz CT molecular complexity index is 942. The molecule has 2 bridgehead atoms. The van der Waals surface area contributed by atoms with E-state index in [0.29, 0.717) is 18.7 Å². The molecule has 150 valence electrons. The van der Waals surface area contributed by atoms with Gasteiger partial charge in [0.2, 0.25) is 11.8 Å². The first kappa shape index (κ1) is 18.1. The Morgan fingerprint density at radius 1 is 1.14 bits per heavy atom. The molecule has 2 amide bonds. The van der Waals surface area contributed by atoms with Crippen molar-refractivity contribution in [2.45, 2.75) is 31.0 Å². The molecule has 7 nitrogen and oxygen atoms in total. The van der Waals surface area contributed by atoms with E-state index in [1.807, 2.05) is 53.4 Å². The number of carbonyl (C=O) groups is 2. The second-order valence-corrected chi connectivity index (χ2v) is 7.77. The summed E-state index contributed by atoms with van der Waals surface area (Å²) in [6, 6.07) is 15.4. The topological polar surface area (TPSA) is 73.9 Å². The third-order valence-electron chi connectivity index (χ3n) is 6.13. The normalized spacial score (nSPS) is 25.7. The van der Waals surface area contributed by atoms with E-state index in [9.17, 15) is 9.59 Å². The van der Waals surface area contributed by atoms with Gasteiger partial charge in [-0.05, 0) is 36.1 Å². The largest absolute Gasteiger partial charge is 0.495 e. The van der Waals surface area contributed by atoms with Gasteiger partial charge in [0, 0.05) is 13.1 Å². The van der Waals surface area contributed by atoms with Crippen LogP contribution in [0, 0.1) is 0 Å². The first-order chi connectivity index (χ1) is 14.2. The van der Waals surface area contributed by atoms with E-state index in [2.05, 4.69) is 10.9 Å². The van der Waals surface area contributed by atoms with Gasteiger partial charge in [0.1, 0.15) is 17.8 Å². The van der Waals surface area contributed by atoms with Gasteiger partial charge in [-0.25, -0.2) is 5.43 Å². The molecule has 1 unspecified atom stereocenters. The lowest BCUT2D eigenvalue weighted by atomic mass is 10.0. The summed E-state index contributed by atoms with van der Waals surface area (Å²) in [5, 5.41) is 0. The van der Waals surface area contributed by atoms with Crippen LogP contribution in [0.4, 0.5) is 5.69 Å². The SMILES string of the molecule is COc1ccc(-c2ccccc2)cc1N1C(=O)[C@@H]2C[C@H]1CN2C(=O)C1CCNN1. The highest BCUT2D eigenvalue weighted by Crippen LogP contribution is 2.42. The monoisotopic (exact) mass is 392 g/mol. The molecule has 3 aliphatic heterocycles. The number of nitrogens with zero attached hydrogens (tertiary/aromatic N) is 2. The molecule has 2 N–H and O–H groups in total. The quantitative estimate of drug-likeness (QED) is 0.826. The van der Waals surface area contributed by atoms with E-state index in [0.717, 1.165) is 29.8 Å². The van der Waals surface area contributed by atoms with Crippen molar-refractivity contribution in [3.8, 4) is 16.9 Å². The molecule has 7 heteroatoms. The van der Waals surface area contributed by atoms with Crippen LogP contribution in [0.1, 0.15) is 12.8 Å². The van der Waals surface area contributed by atoms with E-state index in [4.69, 9.17) is 4.74 Å². The number of amides is 2. The number of piperazine rings is 1. The molecule has 2 aromatic carbocycles. The fraction of sp³-hybridized carbons (Fsp3) is 0.364. The first-order valence-electron chi connectivity index (χ1n) is 10.0. The van der Waals surface area contributed by atoms with Crippen molar-refractivity contribution < 1.29 is 14.3 Å². The van der Waals surface area contributed by atoms with Crippen LogP contribution in [0.5, 0.6) is 5.75 Å². The van der Waals surface area contributed by atoms with Gasteiger partial charge in [0.15, 0.2) is 0 Å². The fourth-order valence-corrected chi connectivity index (χ4v) is 4.69. The highest BCUT2D eigenvalue weighted by Gasteiger charge is 2.53. The maximum absolute atomic E-state index is 13.3. The van der Waals surface area contributed by atoms with Gasteiger partial charge in [0.25, 0.3) is 0 Å².